The van der Waals surface area contributed by atoms with Crippen molar-refractivity contribution >= 4 is 12.0 Å². The molecule has 1 saturated carbocycles. The normalized spacial score (nSPS) is 26.9. The van der Waals surface area contributed by atoms with Crippen LogP contribution in [0.2, 0.25) is 0 Å². The van der Waals surface area contributed by atoms with E-state index >= 15 is 0 Å². The second-order valence-corrected chi connectivity index (χ2v) is 5.74. The molecule has 2 amide bonds. The molecule has 2 fully saturated rings. The van der Waals surface area contributed by atoms with E-state index in [1.54, 1.807) is 0 Å². The molecule has 2 N–H and O–H groups in total. The molecule has 0 aromatic carbocycles. The Bertz CT molecular complexity index is 361. The molecule has 0 bridgehead atoms. The number of methoxy groups -OCH3 is 1. The minimum atomic E-state index is -0.917. The lowest BCUT2D eigenvalue weighted by atomic mass is 9.92. The summed E-state index contributed by atoms with van der Waals surface area (Å²) in [6.45, 7) is 1.05. The number of ether oxygens (including phenoxy) is 1. The zero-order valence-corrected chi connectivity index (χ0v) is 12.0. The van der Waals surface area contributed by atoms with Crippen LogP contribution in [0.3, 0.4) is 0 Å². The maximum atomic E-state index is 12.3. The van der Waals surface area contributed by atoms with Gasteiger partial charge in [0.15, 0.2) is 0 Å². The Kier molecular flexibility index (Phi) is 5.23. The molecule has 1 aliphatic carbocycles. The van der Waals surface area contributed by atoms with Gasteiger partial charge in [-0.3, -0.25) is 4.79 Å². The highest BCUT2D eigenvalue weighted by molar-refractivity contribution is 5.75. The Morgan fingerprint density at radius 3 is 2.80 bits per heavy atom. The van der Waals surface area contributed by atoms with Crippen molar-refractivity contribution in [2.45, 2.75) is 50.7 Å². The molecule has 3 atom stereocenters. The van der Waals surface area contributed by atoms with Crippen LogP contribution in [-0.4, -0.2) is 54.4 Å². The average molecular weight is 284 g/mol. The maximum absolute atomic E-state index is 12.3. The summed E-state index contributed by atoms with van der Waals surface area (Å²) in [4.78, 5) is 24.9. The molecule has 114 valence electrons. The Labute approximate surface area is 119 Å². The zero-order chi connectivity index (χ0) is 14.5. The molecule has 1 saturated heterocycles. The van der Waals surface area contributed by atoms with E-state index in [9.17, 15) is 9.59 Å². The van der Waals surface area contributed by atoms with Crippen LogP contribution < -0.4 is 5.32 Å². The molecule has 20 heavy (non-hydrogen) atoms. The second-order valence-electron chi connectivity index (χ2n) is 5.74. The largest absolute Gasteiger partial charge is 0.481 e. The first-order valence-corrected chi connectivity index (χ1v) is 7.41. The molecule has 0 radical (unpaired) electrons. The summed E-state index contributed by atoms with van der Waals surface area (Å²) in [6.07, 6.45) is 5.27. The lowest BCUT2D eigenvalue weighted by Crippen LogP contribution is -2.51. The van der Waals surface area contributed by atoms with Crippen LogP contribution in [0.15, 0.2) is 0 Å². The lowest BCUT2D eigenvalue weighted by molar-refractivity contribution is -0.139. The van der Waals surface area contributed by atoms with Crippen LogP contribution in [0.4, 0.5) is 4.79 Å². The van der Waals surface area contributed by atoms with Gasteiger partial charge in [0.05, 0.1) is 12.5 Å². The Morgan fingerprint density at radius 2 is 2.10 bits per heavy atom. The zero-order valence-electron chi connectivity index (χ0n) is 12.0. The predicted molar refractivity (Wildman–Crippen MR) is 73.5 cm³/mol. The van der Waals surface area contributed by atoms with Gasteiger partial charge in [-0.05, 0) is 31.6 Å². The van der Waals surface area contributed by atoms with Crippen LogP contribution in [0, 0.1) is 5.92 Å². The first-order valence-electron chi connectivity index (χ1n) is 7.41. The highest BCUT2D eigenvalue weighted by Crippen LogP contribution is 2.36. The van der Waals surface area contributed by atoms with Gasteiger partial charge in [0.1, 0.15) is 0 Å². The number of rotatable bonds is 5. The third kappa shape index (κ3) is 3.62. The molecule has 6 heteroatoms. The number of nitrogens with one attached hydrogen (secondary N) is 1. The minimum absolute atomic E-state index is 0.0750. The first-order chi connectivity index (χ1) is 9.61. The fraction of sp³-hybridized carbons (Fsp3) is 0.857. The summed E-state index contributed by atoms with van der Waals surface area (Å²) in [5, 5.41) is 11.6. The summed E-state index contributed by atoms with van der Waals surface area (Å²) < 4.78 is 5.07. The van der Waals surface area contributed by atoms with Crippen molar-refractivity contribution in [3.8, 4) is 0 Å². The summed E-state index contributed by atoms with van der Waals surface area (Å²) in [5.41, 5.74) is 0. The monoisotopic (exact) mass is 284 g/mol. The molecular formula is C14H24N2O4. The van der Waals surface area contributed by atoms with E-state index in [-0.39, 0.29) is 19.0 Å². The molecule has 2 rings (SSSR count). The molecule has 2 aliphatic rings. The third-order valence-corrected chi connectivity index (χ3v) is 4.47. The van der Waals surface area contributed by atoms with Crippen LogP contribution in [0.1, 0.15) is 38.5 Å². The Hall–Kier alpha value is -1.30. The molecule has 1 heterocycles. The molecular weight excluding hydrogens is 260 g/mol. The second kappa shape index (κ2) is 6.92. The van der Waals surface area contributed by atoms with Crippen molar-refractivity contribution in [3.05, 3.63) is 0 Å². The summed E-state index contributed by atoms with van der Waals surface area (Å²) >= 11 is 0. The Morgan fingerprint density at radius 1 is 1.35 bits per heavy atom. The number of likely N-dealkylation sites (tertiary alicyclic amines) is 1. The smallest absolute Gasteiger partial charge is 0.317 e. The van der Waals surface area contributed by atoms with Crippen molar-refractivity contribution in [1.82, 2.24) is 10.2 Å². The van der Waals surface area contributed by atoms with Gasteiger partial charge in [0, 0.05) is 26.2 Å². The number of nitrogens with zero attached hydrogens (tertiary/aromatic N) is 1. The van der Waals surface area contributed by atoms with Crippen LogP contribution in [0.25, 0.3) is 0 Å². The van der Waals surface area contributed by atoms with E-state index in [2.05, 4.69) is 5.32 Å². The number of carboxylic acid groups (broad SMARTS) is 1. The molecule has 0 aromatic heterocycles. The minimum Gasteiger partial charge on any atom is -0.481 e. The average Bonchev–Trinajstić information content (AvgIpc) is 2.90. The van der Waals surface area contributed by atoms with Crippen molar-refractivity contribution in [2.75, 3.05) is 20.2 Å². The van der Waals surface area contributed by atoms with Gasteiger partial charge in [0.2, 0.25) is 0 Å². The van der Waals surface area contributed by atoms with Gasteiger partial charge in [-0.15, -0.1) is 0 Å². The number of hydrogen-bond donors (Lipinski definition) is 2. The van der Waals surface area contributed by atoms with E-state index in [0.29, 0.717) is 12.0 Å². The van der Waals surface area contributed by atoms with Crippen molar-refractivity contribution in [1.29, 1.82) is 0 Å². The van der Waals surface area contributed by atoms with Gasteiger partial charge in [-0.25, -0.2) is 4.79 Å². The van der Waals surface area contributed by atoms with Crippen LogP contribution in [-0.2, 0) is 9.53 Å². The quantitative estimate of drug-likeness (QED) is 0.801. The maximum Gasteiger partial charge on any atom is 0.317 e. The topological polar surface area (TPSA) is 78.9 Å². The van der Waals surface area contributed by atoms with Crippen molar-refractivity contribution < 1.29 is 19.4 Å². The summed E-state index contributed by atoms with van der Waals surface area (Å²) in [5.74, 6) is -0.258. The van der Waals surface area contributed by atoms with Crippen molar-refractivity contribution in [3.63, 3.8) is 0 Å². The molecule has 0 spiro atoms. The number of urea groups is 1. The number of amides is 2. The fourth-order valence-electron chi connectivity index (χ4n) is 3.44. The van der Waals surface area contributed by atoms with E-state index in [1.807, 2.05) is 4.90 Å². The van der Waals surface area contributed by atoms with E-state index in [1.165, 1.54) is 26.4 Å². The van der Waals surface area contributed by atoms with E-state index < -0.39 is 12.1 Å². The number of fused-ring (bicyclic) bond motifs is 1. The van der Waals surface area contributed by atoms with Crippen LogP contribution >= 0.6 is 0 Å². The summed E-state index contributed by atoms with van der Waals surface area (Å²) in [6, 6.07) is 0.304. The van der Waals surface area contributed by atoms with Gasteiger partial charge in [-0.1, -0.05) is 6.42 Å². The number of piperidine rings is 1. The van der Waals surface area contributed by atoms with Crippen molar-refractivity contribution in [2.24, 2.45) is 5.92 Å². The lowest BCUT2D eigenvalue weighted by Gasteiger charge is -2.37. The predicted octanol–water partition coefficient (Wildman–Crippen LogP) is 1.45. The van der Waals surface area contributed by atoms with Gasteiger partial charge in [0.25, 0.3) is 0 Å². The molecule has 6 nitrogen and oxygen atoms in total. The number of aliphatic carboxylic acids is 1. The van der Waals surface area contributed by atoms with E-state index in [0.717, 1.165) is 19.4 Å². The van der Waals surface area contributed by atoms with E-state index in [4.69, 9.17) is 9.84 Å². The SMILES string of the molecule is COC(CNC(=O)N1CCCC2CCCC21)CC(=O)O. The van der Waals surface area contributed by atoms with Gasteiger partial charge in [-0.2, -0.15) is 0 Å². The summed E-state index contributed by atoms with van der Waals surface area (Å²) in [7, 11) is 1.47. The highest BCUT2D eigenvalue weighted by Gasteiger charge is 2.37. The standard InChI is InChI=1S/C14H24N2O4/c1-20-11(8-13(17)18)9-15-14(19)16-7-3-5-10-4-2-6-12(10)16/h10-12H,2-9H2,1H3,(H,15,19)(H,17,18). The third-order valence-electron chi connectivity index (χ3n) is 4.47. The number of carbonyl (C=O) groups is 2. The highest BCUT2D eigenvalue weighted by atomic mass is 16.5. The van der Waals surface area contributed by atoms with Crippen LogP contribution in [0.5, 0.6) is 0 Å². The molecule has 1 aliphatic heterocycles. The number of hydrogen-bond acceptors (Lipinski definition) is 3. The molecule has 3 unspecified atom stereocenters. The number of carbonyl (C=O) groups excluding carboxylic acids is 1. The van der Waals surface area contributed by atoms with Gasteiger partial charge >= 0.3 is 12.0 Å². The fourth-order valence-corrected chi connectivity index (χ4v) is 3.44. The first kappa shape index (κ1) is 15.1. The molecule has 0 aromatic rings. The Balaban J connectivity index is 1.83. The number of carboxylic acids is 1. The van der Waals surface area contributed by atoms with Gasteiger partial charge < -0.3 is 20.1 Å².